The maximum Gasteiger partial charge on any atom is 0.317 e. The Hall–Kier alpha value is -1.26. The topological polar surface area (TPSA) is 69.6 Å². The lowest BCUT2D eigenvalue weighted by Gasteiger charge is -2.35. The molecule has 2 amide bonds. The van der Waals surface area contributed by atoms with E-state index >= 15 is 0 Å². The Kier molecular flexibility index (Phi) is 6.82. The van der Waals surface area contributed by atoms with E-state index in [1.165, 1.54) is 0 Å². The fraction of sp³-hybridized carbons (Fsp3) is 0.867. The number of nitrogens with zero attached hydrogens (tertiary/aromatic N) is 1. The highest BCUT2D eigenvalue weighted by molar-refractivity contribution is 5.74. The summed E-state index contributed by atoms with van der Waals surface area (Å²) >= 11 is 0. The molecule has 20 heavy (non-hydrogen) atoms. The van der Waals surface area contributed by atoms with E-state index in [0.29, 0.717) is 30.7 Å². The summed E-state index contributed by atoms with van der Waals surface area (Å²) in [7, 11) is 0. The van der Waals surface area contributed by atoms with Gasteiger partial charge in [0, 0.05) is 26.1 Å². The molecule has 3 unspecified atom stereocenters. The molecule has 1 aliphatic heterocycles. The van der Waals surface area contributed by atoms with Crippen LogP contribution in [0.4, 0.5) is 4.79 Å². The molecule has 2 N–H and O–H groups in total. The molecular weight excluding hydrogens is 256 g/mol. The molecule has 1 rings (SSSR count). The molecule has 116 valence electrons. The van der Waals surface area contributed by atoms with E-state index in [1.807, 2.05) is 11.8 Å². The molecule has 5 nitrogen and oxygen atoms in total. The lowest BCUT2D eigenvalue weighted by Crippen LogP contribution is -2.47. The molecule has 1 heterocycles. The van der Waals surface area contributed by atoms with Gasteiger partial charge in [-0.2, -0.15) is 0 Å². The van der Waals surface area contributed by atoms with Crippen molar-refractivity contribution in [2.75, 3.05) is 19.6 Å². The van der Waals surface area contributed by atoms with Crippen molar-refractivity contribution in [1.82, 2.24) is 10.2 Å². The van der Waals surface area contributed by atoms with Crippen LogP contribution in [-0.2, 0) is 4.79 Å². The Morgan fingerprint density at radius 2 is 2.00 bits per heavy atom. The minimum atomic E-state index is -0.752. The van der Waals surface area contributed by atoms with Crippen LogP contribution in [0.5, 0.6) is 0 Å². The fourth-order valence-corrected chi connectivity index (χ4v) is 2.50. The van der Waals surface area contributed by atoms with Crippen LogP contribution in [0.15, 0.2) is 0 Å². The minimum Gasteiger partial charge on any atom is -0.481 e. The second kappa shape index (κ2) is 8.12. The first-order chi connectivity index (χ1) is 9.40. The van der Waals surface area contributed by atoms with Gasteiger partial charge in [-0.3, -0.25) is 4.79 Å². The van der Waals surface area contributed by atoms with Gasteiger partial charge in [-0.05, 0) is 37.0 Å². The van der Waals surface area contributed by atoms with Gasteiger partial charge >= 0.3 is 12.0 Å². The highest BCUT2D eigenvalue weighted by Gasteiger charge is 2.25. The highest BCUT2D eigenvalue weighted by atomic mass is 16.4. The van der Waals surface area contributed by atoms with Gasteiger partial charge in [0.2, 0.25) is 0 Å². The maximum absolute atomic E-state index is 12.0. The summed E-state index contributed by atoms with van der Waals surface area (Å²) in [4.78, 5) is 24.4. The van der Waals surface area contributed by atoms with Crippen molar-refractivity contribution in [2.24, 2.45) is 17.8 Å². The van der Waals surface area contributed by atoms with Crippen LogP contribution < -0.4 is 5.32 Å². The molecule has 0 aromatic carbocycles. The van der Waals surface area contributed by atoms with Crippen LogP contribution in [0, 0.1) is 17.8 Å². The number of aliphatic carboxylic acids is 1. The minimum absolute atomic E-state index is 0.0224. The molecular formula is C15H28N2O3. The Morgan fingerprint density at radius 1 is 1.30 bits per heavy atom. The Bertz CT molecular complexity index is 333. The predicted molar refractivity (Wildman–Crippen MR) is 78.6 cm³/mol. The number of hydrogen-bond acceptors (Lipinski definition) is 2. The van der Waals surface area contributed by atoms with Gasteiger partial charge < -0.3 is 15.3 Å². The molecule has 3 atom stereocenters. The molecule has 1 fully saturated rings. The zero-order valence-electron chi connectivity index (χ0n) is 12.9. The summed E-state index contributed by atoms with van der Waals surface area (Å²) < 4.78 is 0. The third-order valence-electron chi connectivity index (χ3n) is 4.39. The van der Waals surface area contributed by atoms with Crippen LogP contribution in [0.25, 0.3) is 0 Å². The first kappa shape index (κ1) is 16.8. The summed E-state index contributed by atoms with van der Waals surface area (Å²) in [6.07, 6.45) is 2.78. The Labute approximate surface area is 121 Å². The van der Waals surface area contributed by atoms with Crippen molar-refractivity contribution in [3.8, 4) is 0 Å². The number of piperidine rings is 1. The van der Waals surface area contributed by atoms with Crippen LogP contribution >= 0.6 is 0 Å². The second-order valence-electron chi connectivity index (χ2n) is 6.25. The zero-order chi connectivity index (χ0) is 15.1. The van der Waals surface area contributed by atoms with Crippen molar-refractivity contribution < 1.29 is 14.7 Å². The lowest BCUT2D eigenvalue weighted by molar-refractivity contribution is -0.137. The number of carbonyl (C=O) groups is 2. The van der Waals surface area contributed by atoms with E-state index in [0.717, 1.165) is 25.9 Å². The van der Waals surface area contributed by atoms with Gasteiger partial charge in [0.05, 0.1) is 0 Å². The van der Waals surface area contributed by atoms with Crippen molar-refractivity contribution in [2.45, 2.75) is 46.5 Å². The first-order valence-electron chi connectivity index (χ1n) is 7.64. The largest absolute Gasteiger partial charge is 0.481 e. The number of hydrogen-bond donors (Lipinski definition) is 2. The number of carboxylic acids is 1. The van der Waals surface area contributed by atoms with Crippen molar-refractivity contribution in [3.05, 3.63) is 0 Å². The number of rotatable bonds is 6. The summed E-state index contributed by atoms with van der Waals surface area (Å²) in [6.45, 7) is 8.76. The van der Waals surface area contributed by atoms with E-state index < -0.39 is 5.97 Å². The number of amides is 2. The summed E-state index contributed by atoms with van der Waals surface area (Å²) in [5.41, 5.74) is 0. The summed E-state index contributed by atoms with van der Waals surface area (Å²) in [6, 6.07) is 0.0224. The van der Waals surface area contributed by atoms with Gasteiger partial charge in [-0.1, -0.05) is 20.8 Å². The summed E-state index contributed by atoms with van der Waals surface area (Å²) in [5, 5.41) is 11.6. The van der Waals surface area contributed by atoms with Crippen LogP contribution in [-0.4, -0.2) is 41.6 Å². The molecule has 0 aromatic rings. The predicted octanol–water partition coefficient (Wildman–Crippen LogP) is 2.56. The van der Waals surface area contributed by atoms with E-state index in [4.69, 9.17) is 5.11 Å². The molecule has 0 radical (unpaired) electrons. The molecule has 0 aliphatic carbocycles. The Balaban J connectivity index is 2.18. The maximum atomic E-state index is 12.0. The fourth-order valence-electron chi connectivity index (χ4n) is 2.50. The molecule has 0 bridgehead atoms. The third kappa shape index (κ3) is 5.80. The molecule has 1 saturated heterocycles. The van der Waals surface area contributed by atoms with Crippen LogP contribution in [0.1, 0.15) is 46.5 Å². The summed E-state index contributed by atoms with van der Waals surface area (Å²) in [5.74, 6) is 0.822. The third-order valence-corrected chi connectivity index (χ3v) is 4.39. The molecule has 0 spiro atoms. The van der Waals surface area contributed by atoms with Crippen LogP contribution in [0.2, 0.25) is 0 Å². The number of carbonyl (C=O) groups excluding carboxylic acids is 1. The van der Waals surface area contributed by atoms with Gasteiger partial charge in [-0.15, -0.1) is 0 Å². The monoisotopic (exact) mass is 284 g/mol. The van der Waals surface area contributed by atoms with E-state index in [-0.39, 0.29) is 12.5 Å². The van der Waals surface area contributed by atoms with Crippen LogP contribution in [0.3, 0.4) is 0 Å². The normalized spacial score (nSPS) is 24.2. The first-order valence-corrected chi connectivity index (χ1v) is 7.64. The van der Waals surface area contributed by atoms with Gasteiger partial charge in [0.1, 0.15) is 0 Å². The second-order valence-corrected chi connectivity index (χ2v) is 6.25. The van der Waals surface area contributed by atoms with Gasteiger partial charge in [-0.25, -0.2) is 4.79 Å². The number of carboxylic acid groups (broad SMARTS) is 1. The zero-order valence-corrected chi connectivity index (χ0v) is 12.9. The smallest absolute Gasteiger partial charge is 0.317 e. The van der Waals surface area contributed by atoms with Crippen molar-refractivity contribution in [1.29, 1.82) is 0 Å². The lowest BCUT2D eigenvalue weighted by atomic mass is 9.89. The quantitative estimate of drug-likeness (QED) is 0.787. The molecule has 1 aliphatic rings. The molecule has 0 aromatic heterocycles. The number of urea groups is 1. The standard InChI is InChI=1S/C15H28N2O3/c1-11(4-5-14(18)19)6-8-16-15(20)17-9-7-12(2)13(3)10-17/h11-13H,4-10H2,1-3H3,(H,16,20)(H,18,19). The number of likely N-dealkylation sites (tertiary alicyclic amines) is 1. The van der Waals surface area contributed by atoms with E-state index in [2.05, 4.69) is 19.2 Å². The average Bonchev–Trinajstić information content (AvgIpc) is 2.39. The van der Waals surface area contributed by atoms with Crippen molar-refractivity contribution in [3.63, 3.8) is 0 Å². The van der Waals surface area contributed by atoms with E-state index in [9.17, 15) is 9.59 Å². The van der Waals surface area contributed by atoms with E-state index in [1.54, 1.807) is 0 Å². The van der Waals surface area contributed by atoms with Gasteiger partial charge in [0.25, 0.3) is 0 Å². The molecule has 0 saturated carbocycles. The van der Waals surface area contributed by atoms with Crippen molar-refractivity contribution >= 4 is 12.0 Å². The average molecular weight is 284 g/mol. The molecule has 5 heteroatoms. The number of nitrogens with one attached hydrogen (secondary N) is 1. The van der Waals surface area contributed by atoms with Gasteiger partial charge in [0.15, 0.2) is 0 Å². The highest BCUT2D eigenvalue weighted by Crippen LogP contribution is 2.22. The SMILES string of the molecule is CC(CCNC(=O)N1CCC(C)C(C)C1)CCC(=O)O. The Morgan fingerprint density at radius 3 is 2.60 bits per heavy atom.